The molecule has 1 aliphatic heterocycles. The lowest BCUT2D eigenvalue weighted by Gasteiger charge is -2.35. The summed E-state index contributed by atoms with van der Waals surface area (Å²) < 4.78 is 17.3. The lowest BCUT2D eigenvalue weighted by Crippen LogP contribution is -2.48. The molecule has 7 nitrogen and oxygen atoms in total. The third-order valence-electron chi connectivity index (χ3n) is 5.66. The number of piperazine rings is 1. The number of rotatable bonds is 10. The lowest BCUT2D eigenvalue weighted by molar-refractivity contribution is -0.126. The van der Waals surface area contributed by atoms with Crippen molar-refractivity contribution in [2.75, 3.05) is 50.9 Å². The van der Waals surface area contributed by atoms with Crippen molar-refractivity contribution < 1.29 is 19.0 Å². The van der Waals surface area contributed by atoms with Crippen molar-refractivity contribution in [3.05, 3.63) is 84.7 Å². The second-order valence-electron chi connectivity index (χ2n) is 8.00. The van der Waals surface area contributed by atoms with Gasteiger partial charge in [0.05, 0.1) is 6.61 Å². The first-order valence-corrected chi connectivity index (χ1v) is 11.9. The SMILES string of the molecule is CCOc1cc(C=CC(=O)N2CCN(c3ccncc3)CC2)ccc1OCCOc1ccccc1. The molecule has 1 saturated heterocycles. The molecule has 2 aromatic carbocycles. The molecule has 1 amide bonds. The average Bonchev–Trinajstić information content (AvgIpc) is 2.92. The summed E-state index contributed by atoms with van der Waals surface area (Å²) in [6, 6.07) is 19.3. The maximum absolute atomic E-state index is 12.7. The summed E-state index contributed by atoms with van der Waals surface area (Å²) >= 11 is 0. The zero-order valence-electron chi connectivity index (χ0n) is 20.0. The van der Waals surface area contributed by atoms with Crippen LogP contribution in [-0.2, 0) is 4.79 Å². The molecule has 0 N–H and O–H groups in total. The fraction of sp³-hybridized carbons (Fsp3) is 0.286. The van der Waals surface area contributed by atoms with Crippen LogP contribution in [0.4, 0.5) is 5.69 Å². The van der Waals surface area contributed by atoms with Gasteiger partial charge in [0, 0.05) is 50.3 Å². The predicted molar refractivity (Wildman–Crippen MR) is 137 cm³/mol. The number of amides is 1. The molecule has 1 aromatic heterocycles. The van der Waals surface area contributed by atoms with Crippen molar-refractivity contribution in [1.82, 2.24) is 9.88 Å². The van der Waals surface area contributed by atoms with Gasteiger partial charge in [0.25, 0.3) is 0 Å². The number of ether oxygens (including phenoxy) is 3. The van der Waals surface area contributed by atoms with Gasteiger partial charge < -0.3 is 24.0 Å². The first-order chi connectivity index (χ1) is 17.2. The summed E-state index contributed by atoms with van der Waals surface area (Å²) in [5, 5.41) is 0. The summed E-state index contributed by atoms with van der Waals surface area (Å²) in [5.41, 5.74) is 2.02. The minimum atomic E-state index is 0.00993. The van der Waals surface area contributed by atoms with Gasteiger partial charge in [0.1, 0.15) is 19.0 Å². The largest absolute Gasteiger partial charge is 0.490 e. The van der Waals surface area contributed by atoms with E-state index in [2.05, 4.69) is 9.88 Å². The smallest absolute Gasteiger partial charge is 0.246 e. The number of aromatic nitrogens is 1. The normalized spacial score (nSPS) is 13.6. The highest BCUT2D eigenvalue weighted by Crippen LogP contribution is 2.29. The minimum absolute atomic E-state index is 0.00993. The number of carbonyl (C=O) groups is 1. The molecular weight excluding hydrogens is 442 g/mol. The number of nitrogens with zero attached hydrogens (tertiary/aromatic N) is 3. The molecule has 0 unspecified atom stereocenters. The van der Waals surface area contributed by atoms with E-state index < -0.39 is 0 Å². The zero-order valence-corrected chi connectivity index (χ0v) is 20.0. The number of hydrogen-bond donors (Lipinski definition) is 0. The molecule has 35 heavy (non-hydrogen) atoms. The zero-order chi connectivity index (χ0) is 24.3. The second kappa shape index (κ2) is 12.5. The van der Waals surface area contributed by atoms with Gasteiger partial charge in [0.15, 0.2) is 11.5 Å². The van der Waals surface area contributed by atoms with E-state index in [0.29, 0.717) is 44.4 Å². The van der Waals surface area contributed by atoms with Gasteiger partial charge >= 0.3 is 0 Å². The highest BCUT2D eigenvalue weighted by Gasteiger charge is 2.19. The van der Waals surface area contributed by atoms with Crippen LogP contribution in [0.1, 0.15) is 12.5 Å². The molecule has 0 bridgehead atoms. The number of pyridine rings is 1. The summed E-state index contributed by atoms with van der Waals surface area (Å²) in [6.07, 6.45) is 7.03. The fourth-order valence-electron chi connectivity index (χ4n) is 3.86. The van der Waals surface area contributed by atoms with Crippen LogP contribution >= 0.6 is 0 Å². The van der Waals surface area contributed by atoms with E-state index in [0.717, 1.165) is 30.1 Å². The molecule has 4 rings (SSSR count). The van der Waals surface area contributed by atoms with Crippen molar-refractivity contribution in [1.29, 1.82) is 0 Å². The van der Waals surface area contributed by atoms with Crippen LogP contribution in [-0.4, -0.2) is 61.8 Å². The monoisotopic (exact) mass is 473 g/mol. The summed E-state index contributed by atoms with van der Waals surface area (Å²) in [6.45, 7) is 6.26. The summed E-state index contributed by atoms with van der Waals surface area (Å²) in [5.74, 6) is 2.12. The quantitative estimate of drug-likeness (QED) is 0.323. The number of para-hydroxylation sites is 1. The molecule has 1 fully saturated rings. The van der Waals surface area contributed by atoms with Gasteiger partial charge in [-0.15, -0.1) is 0 Å². The second-order valence-corrected chi connectivity index (χ2v) is 8.00. The summed E-state index contributed by atoms with van der Waals surface area (Å²) in [7, 11) is 0. The topological polar surface area (TPSA) is 64.1 Å². The van der Waals surface area contributed by atoms with E-state index in [1.165, 1.54) is 0 Å². The van der Waals surface area contributed by atoms with Gasteiger partial charge in [-0.3, -0.25) is 9.78 Å². The Morgan fingerprint density at radius 3 is 2.37 bits per heavy atom. The van der Waals surface area contributed by atoms with E-state index in [-0.39, 0.29) is 5.91 Å². The van der Waals surface area contributed by atoms with Crippen molar-refractivity contribution in [2.45, 2.75) is 6.92 Å². The minimum Gasteiger partial charge on any atom is -0.490 e. The average molecular weight is 474 g/mol. The third-order valence-corrected chi connectivity index (χ3v) is 5.66. The number of hydrogen-bond acceptors (Lipinski definition) is 6. The Balaban J connectivity index is 1.29. The highest BCUT2D eigenvalue weighted by atomic mass is 16.5. The van der Waals surface area contributed by atoms with Crippen LogP contribution < -0.4 is 19.1 Å². The standard InChI is InChI=1S/C28H31N3O4/c1-2-33-27-22-23(8-10-26(27)35-21-20-34-25-6-4-3-5-7-25)9-11-28(32)31-18-16-30(17-19-31)24-12-14-29-15-13-24/h3-15,22H,2,16-21H2,1H3. The third kappa shape index (κ3) is 6.99. The van der Waals surface area contributed by atoms with Crippen molar-refractivity contribution in [3.63, 3.8) is 0 Å². The number of benzene rings is 2. The van der Waals surface area contributed by atoms with Gasteiger partial charge in [0.2, 0.25) is 5.91 Å². The van der Waals surface area contributed by atoms with Gasteiger partial charge in [-0.05, 0) is 55.0 Å². The molecule has 0 radical (unpaired) electrons. The van der Waals surface area contributed by atoms with Crippen LogP contribution in [0.5, 0.6) is 17.2 Å². The number of carbonyl (C=O) groups excluding carboxylic acids is 1. The molecule has 1 aliphatic rings. The van der Waals surface area contributed by atoms with Crippen molar-refractivity contribution >= 4 is 17.7 Å². The molecule has 182 valence electrons. The van der Waals surface area contributed by atoms with Gasteiger partial charge in [-0.2, -0.15) is 0 Å². The molecule has 7 heteroatoms. The lowest BCUT2D eigenvalue weighted by atomic mass is 10.1. The van der Waals surface area contributed by atoms with E-state index in [9.17, 15) is 4.79 Å². The Kier molecular flexibility index (Phi) is 8.59. The van der Waals surface area contributed by atoms with E-state index in [1.54, 1.807) is 18.5 Å². The Labute approximate surface area is 206 Å². The maximum atomic E-state index is 12.7. The predicted octanol–water partition coefficient (Wildman–Crippen LogP) is 4.30. The fourth-order valence-corrected chi connectivity index (χ4v) is 3.86. The Hall–Kier alpha value is -4.00. The molecule has 3 aromatic rings. The van der Waals surface area contributed by atoms with E-state index in [4.69, 9.17) is 14.2 Å². The van der Waals surface area contributed by atoms with Crippen LogP contribution in [0.25, 0.3) is 6.08 Å². The van der Waals surface area contributed by atoms with Gasteiger partial charge in [-0.25, -0.2) is 0 Å². The molecular formula is C28H31N3O4. The van der Waals surface area contributed by atoms with Gasteiger partial charge in [-0.1, -0.05) is 24.3 Å². The molecule has 0 spiro atoms. The van der Waals surface area contributed by atoms with Crippen LogP contribution in [0.3, 0.4) is 0 Å². The first kappa shape index (κ1) is 24.1. The molecule has 0 saturated carbocycles. The molecule has 0 atom stereocenters. The Morgan fingerprint density at radius 2 is 1.63 bits per heavy atom. The van der Waals surface area contributed by atoms with E-state index >= 15 is 0 Å². The van der Waals surface area contributed by atoms with E-state index in [1.807, 2.05) is 78.6 Å². The highest BCUT2D eigenvalue weighted by molar-refractivity contribution is 5.92. The maximum Gasteiger partial charge on any atom is 0.246 e. The first-order valence-electron chi connectivity index (χ1n) is 11.9. The van der Waals surface area contributed by atoms with Crippen LogP contribution in [0, 0.1) is 0 Å². The Bertz CT molecular complexity index is 1100. The van der Waals surface area contributed by atoms with Crippen LogP contribution in [0.2, 0.25) is 0 Å². The molecule has 0 aliphatic carbocycles. The molecule has 2 heterocycles. The Morgan fingerprint density at radius 1 is 0.886 bits per heavy atom. The summed E-state index contributed by atoms with van der Waals surface area (Å²) in [4.78, 5) is 20.9. The van der Waals surface area contributed by atoms with Crippen molar-refractivity contribution in [2.24, 2.45) is 0 Å². The van der Waals surface area contributed by atoms with Crippen molar-refractivity contribution in [3.8, 4) is 17.2 Å². The number of anilines is 1. The van der Waals surface area contributed by atoms with Crippen LogP contribution in [0.15, 0.2) is 79.1 Å².